The highest BCUT2D eigenvalue weighted by Gasteiger charge is 2.22. The Balaban J connectivity index is 1.56. The molecule has 1 aromatic heterocycles. The number of hydrogen-bond acceptors (Lipinski definition) is 5. The number of hydrogen-bond donors (Lipinski definition) is 1. The van der Waals surface area contributed by atoms with Crippen LogP contribution in [0.3, 0.4) is 0 Å². The van der Waals surface area contributed by atoms with Gasteiger partial charge in [0.2, 0.25) is 5.13 Å². The Kier molecular flexibility index (Phi) is 7.08. The monoisotopic (exact) mass is 389 g/mol. The van der Waals surface area contributed by atoms with Gasteiger partial charge in [-0.1, -0.05) is 61.9 Å². The largest absolute Gasteiger partial charge is 0.296 e. The van der Waals surface area contributed by atoms with E-state index >= 15 is 0 Å². The van der Waals surface area contributed by atoms with Crippen LogP contribution in [0, 0.1) is 5.92 Å². The summed E-state index contributed by atoms with van der Waals surface area (Å²) in [4.78, 5) is 12.4. The number of anilines is 1. The zero-order valence-corrected chi connectivity index (χ0v) is 17.2. The molecule has 26 heavy (non-hydrogen) atoms. The third-order valence-corrected chi connectivity index (χ3v) is 6.94. The lowest BCUT2D eigenvalue weighted by Crippen LogP contribution is -2.14. The standard InChI is InChI=1S/C20H27N3OS2/c1-3-5-14-6-8-15(9-7-14)16-10-12-17(13-11-16)18(24)21-19-22-23-20(26-19)25-4-2/h10-15H,3-9H2,1-2H3,(H,21,22,24). The first-order chi connectivity index (χ1) is 12.7. The maximum atomic E-state index is 12.4. The van der Waals surface area contributed by atoms with Gasteiger partial charge in [-0.2, -0.15) is 0 Å². The molecule has 0 bridgehead atoms. The quantitative estimate of drug-likeness (QED) is 0.468. The van der Waals surface area contributed by atoms with Gasteiger partial charge in [0.15, 0.2) is 4.34 Å². The molecule has 0 unspecified atom stereocenters. The summed E-state index contributed by atoms with van der Waals surface area (Å²) in [6.45, 7) is 4.35. The summed E-state index contributed by atoms with van der Waals surface area (Å²) >= 11 is 3.05. The summed E-state index contributed by atoms with van der Waals surface area (Å²) in [6, 6.07) is 8.12. The second kappa shape index (κ2) is 9.51. The molecule has 140 valence electrons. The number of thioether (sulfide) groups is 1. The molecule has 3 rings (SSSR count). The molecule has 1 aliphatic rings. The Morgan fingerprint density at radius 1 is 1.15 bits per heavy atom. The van der Waals surface area contributed by atoms with Gasteiger partial charge in [0.05, 0.1) is 0 Å². The van der Waals surface area contributed by atoms with Gasteiger partial charge in [0.1, 0.15) is 0 Å². The molecule has 6 heteroatoms. The van der Waals surface area contributed by atoms with Crippen molar-refractivity contribution in [1.82, 2.24) is 10.2 Å². The highest BCUT2D eigenvalue weighted by molar-refractivity contribution is 8.01. The first-order valence-electron chi connectivity index (χ1n) is 9.57. The predicted molar refractivity (Wildman–Crippen MR) is 110 cm³/mol. The molecule has 1 aliphatic carbocycles. The van der Waals surface area contributed by atoms with Crippen molar-refractivity contribution in [1.29, 1.82) is 0 Å². The Morgan fingerprint density at radius 2 is 1.88 bits per heavy atom. The molecule has 1 fully saturated rings. The zero-order valence-electron chi connectivity index (χ0n) is 15.5. The molecule has 1 amide bonds. The number of amides is 1. The van der Waals surface area contributed by atoms with Crippen LogP contribution in [0.4, 0.5) is 5.13 Å². The van der Waals surface area contributed by atoms with Crippen molar-refractivity contribution in [3.63, 3.8) is 0 Å². The van der Waals surface area contributed by atoms with Crippen LogP contribution in [0.1, 0.15) is 74.2 Å². The minimum Gasteiger partial charge on any atom is -0.296 e. The van der Waals surface area contributed by atoms with Crippen LogP contribution in [0.2, 0.25) is 0 Å². The fraction of sp³-hybridized carbons (Fsp3) is 0.550. The Hall–Kier alpha value is -1.40. The van der Waals surface area contributed by atoms with Crippen molar-refractivity contribution in [3.8, 4) is 0 Å². The minimum atomic E-state index is -0.118. The molecule has 0 aliphatic heterocycles. The van der Waals surface area contributed by atoms with E-state index in [2.05, 4.69) is 41.5 Å². The van der Waals surface area contributed by atoms with Gasteiger partial charge < -0.3 is 0 Å². The van der Waals surface area contributed by atoms with E-state index in [1.165, 1.54) is 55.4 Å². The summed E-state index contributed by atoms with van der Waals surface area (Å²) in [6.07, 6.45) is 7.91. The van der Waals surface area contributed by atoms with Crippen LogP contribution in [-0.2, 0) is 0 Å². The number of rotatable bonds is 7. The summed E-state index contributed by atoms with van der Waals surface area (Å²) in [5.41, 5.74) is 2.04. The molecule has 1 aromatic carbocycles. The van der Waals surface area contributed by atoms with Crippen molar-refractivity contribution < 1.29 is 4.79 Å². The molecule has 0 atom stereocenters. The number of carbonyl (C=O) groups excluding carboxylic acids is 1. The lowest BCUT2D eigenvalue weighted by molar-refractivity contribution is 0.102. The van der Waals surface area contributed by atoms with Crippen molar-refractivity contribution >= 4 is 34.1 Å². The SMILES string of the molecule is CCCC1CCC(c2ccc(C(=O)Nc3nnc(SCC)s3)cc2)CC1. The lowest BCUT2D eigenvalue weighted by Gasteiger charge is -2.28. The molecule has 4 nitrogen and oxygen atoms in total. The maximum Gasteiger partial charge on any atom is 0.257 e. The molecule has 1 saturated carbocycles. The van der Waals surface area contributed by atoms with Gasteiger partial charge in [0, 0.05) is 5.56 Å². The third-order valence-electron chi connectivity index (χ3n) is 5.08. The van der Waals surface area contributed by atoms with Crippen LogP contribution < -0.4 is 5.32 Å². The summed E-state index contributed by atoms with van der Waals surface area (Å²) in [5, 5.41) is 11.5. The molecule has 1 heterocycles. The molecule has 1 N–H and O–H groups in total. The fourth-order valence-electron chi connectivity index (χ4n) is 3.71. The van der Waals surface area contributed by atoms with E-state index in [0.29, 0.717) is 16.6 Å². The molecule has 0 saturated heterocycles. The number of nitrogens with one attached hydrogen (secondary N) is 1. The number of benzene rings is 1. The van der Waals surface area contributed by atoms with Gasteiger partial charge in [-0.3, -0.25) is 10.1 Å². The normalized spacial score (nSPS) is 20.1. The zero-order chi connectivity index (χ0) is 18.4. The molecular formula is C20H27N3OS2. The second-order valence-corrected chi connectivity index (χ2v) is 9.38. The summed E-state index contributed by atoms with van der Waals surface area (Å²) in [5.74, 6) is 2.40. The van der Waals surface area contributed by atoms with Gasteiger partial charge in [0.25, 0.3) is 5.91 Å². The van der Waals surface area contributed by atoms with Crippen LogP contribution in [0.15, 0.2) is 28.6 Å². The Labute approximate surface area is 164 Å². The summed E-state index contributed by atoms with van der Waals surface area (Å²) in [7, 11) is 0. The van der Waals surface area contributed by atoms with Crippen LogP contribution in [-0.4, -0.2) is 21.9 Å². The van der Waals surface area contributed by atoms with E-state index in [0.717, 1.165) is 16.0 Å². The Morgan fingerprint density at radius 3 is 2.54 bits per heavy atom. The van der Waals surface area contributed by atoms with E-state index in [-0.39, 0.29) is 5.91 Å². The van der Waals surface area contributed by atoms with Gasteiger partial charge in [-0.05, 0) is 61.0 Å². The maximum absolute atomic E-state index is 12.4. The second-order valence-electron chi connectivity index (χ2n) is 6.89. The van der Waals surface area contributed by atoms with Crippen LogP contribution in [0.25, 0.3) is 0 Å². The molecule has 0 radical (unpaired) electrons. The number of nitrogens with zero attached hydrogens (tertiary/aromatic N) is 2. The van der Waals surface area contributed by atoms with E-state index in [1.54, 1.807) is 11.8 Å². The van der Waals surface area contributed by atoms with Crippen molar-refractivity contribution in [2.24, 2.45) is 5.92 Å². The van der Waals surface area contributed by atoms with E-state index in [4.69, 9.17) is 0 Å². The molecule has 0 spiro atoms. The number of carbonyl (C=O) groups is 1. The highest BCUT2D eigenvalue weighted by Crippen LogP contribution is 2.37. The van der Waals surface area contributed by atoms with Gasteiger partial charge >= 0.3 is 0 Å². The molecule has 2 aromatic rings. The average molecular weight is 390 g/mol. The van der Waals surface area contributed by atoms with Crippen molar-refractivity contribution in [2.45, 2.75) is 62.6 Å². The van der Waals surface area contributed by atoms with Crippen LogP contribution >= 0.6 is 23.1 Å². The third kappa shape index (κ3) is 5.07. The summed E-state index contributed by atoms with van der Waals surface area (Å²) < 4.78 is 0.886. The molecular weight excluding hydrogens is 362 g/mol. The lowest BCUT2D eigenvalue weighted by atomic mass is 9.77. The smallest absolute Gasteiger partial charge is 0.257 e. The van der Waals surface area contributed by atoms with E-state index in [9.17, 15) is 4.79 Å². The van der Waals surface area contributed by atoms with Gasteiger partial charge in [-0.25, -0.2) is 0 Å². The van der Waals surface area contributed by atoms with Gasteiger partial charge in [-0.15, -0.1) is 10.2 Å². The minimum absolute atomic E-state index is 0.118. The van der Waals surface area contributed by atoms with Crippen LogP contribution in [0.5, 0.6) is 0 Å². The van der Waals surface area contributed by atoms with E-state index < -0.39 is 0 Å². The number of aromatic nitrogens is 2. The van der Waals surface area contributed by atoms with E-state index in [1.807, 2.05) is 12.1 Å². The highest BCUT2D eigenvalue weighted by atomic mass is 32.2. The first kappa shape index (κ1) is 19.4. The first-order valence-corrected chi connectivity index (χ1v) is 11.4. The Bertz CT molecular complexity index is 706. The van der Waals surface area contributed by atoms with Crippen molar-refractivity contribution in [3.05, 3.63) is 35.4 Å². The average Bonchev–Trinajstić information content (AvgIpc) is 3.10. The van der Waals surface area contributed by atoms with Crippen molar-refractivity contribution in [2.75, 3.05) is 11.1 Å². The predicted octanol–water partition coefficient (Wildman–Crippen LogP) is 5.98. The fourth-order valence-corrected chi connectivity index (χ4v) is 5.35. The topological polar surface area (TPSA) is 54.9 Å².